The minimum atomic E-state index is -0.735. The lowest BCUT2D eigenvalue weighted by Crippen LogP contribution is -2.42. The second-order valence-corrected chi connectivity index (χ2v) is 5.20. The number of ether oxygens (including phenoxy) is 3. The van der Waals surface area contributed by atoms with Crippen LogP contribution in [0.3, 0.4) is 0 Å². The highest BCUT2D eigenvalue weighted by Crippen LogP contribution is 2.41. The summed E-state index contributed by atoms with van der Waals surface area (Å²) in [7, 11) is 0. The molecule has 2 bridgehead atoms. The van der Waals surface area contributed by atoms with Crippen LogP contribution in [-0.4, -0.2) is 36.7 Å². The molecule has 0 radical (unpaired) electrons. The molecule has 7 heteroatoms. The second kappa shape index (κ2) is 5.95. The van der Waals surface area contributed by atoms with Crippen molar-refractivity contribution in [1.82, 2.24) is 0 Å². The predicted octanol–water partition coefficient (Wildman–Crippen LogP) is 0.493. The van der Waals surface area contributed by atoms with Gasteiger partial charge in [0.2, 0.25) is 0 Å². The second-order valence-electron chi connectivity index (χ2n) is 5.20. The van der Waals surface area contributed by atoms with Crippen LogP contribution in [0.5, 0.6) is 0 Å². The van der Waals surface area contributed by atoms with Crippen LogP contribution in [0.15, 0.2) is 12.2 Å². The average molecular weight is 293 g/mol. The maximum absolute atomic E-state index is 11.7. The third-order valence-electron chi connectivity index (χ3n) is 3.54. The molecule has 0 aromatic rings. The van der Waals surface area contributed by atoms with Crippen LogP contribution in [0, 0.1) is 23.2 Å². The van der Waals surface area contributed by atoms with Crippen molar-refractivity contribution < 1.29 is 28.6 Å². The van der Waals surface area contributed by atoms with Crippen molar-refractivity contribution in [1.29, 1.82) is 5.26 Å². The standard InChI is InChI=1S/C14H15NO6/c1-7(2)14(18)19-6-11(17)21-12-8-3-9(5-15)13(12)20-10(16)4-8/h8-9,12-13H,1,3-4,6H2,2H3. The lowest BCUT2D eigenvalue weighted by molar-refractivity contribution is -0.181. The van der Waals surface area contributed by atoms with Crippen LogP contribution in [0.4, 0.5) is 0 Å². The number of nitriles is 1. The Morgan fingerprint density at radius 1 is 1.52 bits per heavy atom. The predicted molar refractivity (Wildman–Crippen MR) is 67.4 cm³/mol. The molecule has 0 aromatic carbocycles. The molecule has 0 spiro atoms. The number of carbonyl (C=O) groups is 3. The Balaban J connectivity index is 1.92. The summed E-state index contributed by atoms with van der Waals surface area (Å²) in [5, 5.41) is 9.03. The zero-order valence-corrected chi connectivity index (χ0v) is 11.5. The van der Waals surface area contributed by atoms with Crippen LogP contribution in [0.25, 0.3) is 0 Å². The fraction of sp³-hybridized carbons (Fsp3) is 0.571. The summed E-state index contributed by atoms with van der Waals surface area (Å²) in [6, 6.07) is 2.06. The molecule has 4 unspecified atom stereocenters. The zero-order valence-electron chi connectivity index (χ0n) is 11.5. The number of nitrogens with zero attached hydrogens (tertiary/aromatic N) is 1. The molecule has 7 nitrogen and oxygen atoms in total. The summed E-state index contributed by atoms with van der Waals surface area (Å²) >= 11 is 0. The molecule has 2 fully saturated rings. The number of hydrogen-bond acceptors (Lipinski definition) is 7. The van der Waals surface area contributed by atoms with Gasteiger partial charge >= 0.3 is 17.9 Å². The number of fused-ring (bicyclic) bond motifs is 2. The molecule has 1 heterocycles. The van der Waals surface area contributed by atoms with Gasteiger partial charge in [0, 0.05) is 11.5 Å². The van der Waals surface area contributed by atoms with Gasteiger partial charge in [0.25, 0.3) is 0 Å². The molecule has 1 aliphatic heterocycles. The van der Waals surface area contributed by atoms with Crippen LogP contribution in [-0.2, 0) is 28.6 Å². The Labute approximate surface area is 121 Å². The van der Waals surface area contributed by atoms with E-state index in [1.165, 1.54) is 6.92 Å². The van der Waals surface area contributed by atoms with Crippen molar-refractivity contribution >= 4 is 17.9 Å². The van der Waals surface area contributed by atoms with Gasteiger partial charge in [-0.3, -0.25) is 4.79 Å². The first-order chi connectivity index (χ1) is 9.92. The minimum absolute atomic E-state index is 0.123. The molecule has 4 atom stereocenters. The quantitative estimate of drug-likeness (QED) is 0.422. The molecule has 2 rings (SSSR count). The van der Waals surface area contributed by atoms with E-state index in [1.54, 1.807) is 0 Å². The molecular weight excluding hydrogens is 278 g/mol. The van der Waals surface area contributed by atoms with Crippen molar-refractivity contribution in [3.05, 3.63) is 12.2 Å². The van der Waals surface area contributed by atoms with E-state index < -0.39 is 36.7 Å². The van der Waals surface area contributed by atoms with E-state index in [0.29, 0.717) is 6.42 Å². The van der Waals surface area contributed by atoms with Gasteiger partial charge in [-0.2, -0.15) is 5.26 Å². The van der Waals surface area contributed by atoms with Gasteiger partial charge < -0.3 is 14.2 Å². The summed E-state index contributed by atoms with van der Waals surface area (Å²) in [4.78, 5) is 34.2. The minimum Gasteiger partial charge on any atom is -0.457 e. The zero-order chi connectivity index (χ0) is 15.6. The number of rotatable bonds is 4. The smallest absolute Gasteiger partial charge is 0.344 e. The Bertz CT molecular complexity index is 534. The Kier molecular flexibility index (Phi) is 4.26. The maximum Gasteiger partial charge on any atom is 0.344 e. The summed E-state index contributed by atoms with van der Waals surface area (Å²) in [6.45, 7) is 4.32. The van der Waals surface area contributed by atoms with E-state index in [2.05, 4.69) is 17.4 Å². The van der Waals surface area contributed by atoms with Crippen molar-refractivity contribution in [2.24, 2.45) is 11.8 Å². The van der Waals surface area contributed by atoms with Gasteiger partial charge in [-0.1, -0.05) is 6.58 Å². The largest absolute Gasteiger partial charge is 0.457 e. The maximum atomic E-state index is 11.7. The van der Waals surface area contributed by atoms with Crippen molar-refractivity contribution in [2.75, 3.05) is 6.61 Å². The highest BCUT2D eigenvalue weighted by atomic mass is 16.6. The summed E-state index contributed by atoms with van der Waals surface area (Å²) in [6.07, 6.45) is -0.806. The number of hydrogen-bond donors (Lipinski definition) is 0. The monoisotopic (exact) mass is 293 g/mol. The SMILES string of the molecule is C=C(C)C(=O)OCC(=O)OC1C2CC(=O)OC1C(C#N)C2. The summed E-state index contributed by atoms with van der Waals surface area (Å²) in [5.74, 6) is -2.50. The first-order valence-corrected chi connectivity index (χ1v) is 6.53. The van der Waals surface area contributed by atoms with E-state index in [4.69, 9.17) is 14.7 Å². The van der Waals surface area contributed by atoms with Gasteiger partial charge in [0.05, 0.1) is 18.4 Å². The first kappa shape index (κ1) is 15.0. The van der Waals surface area contributed by atoms with Crippen LogP contribution in [0.1, 0.15) is 19.8 Å². The third-order valence-corrected chi connectivity index (χ3v) is 3.54. The first-order valence-electron chi connectivity index (χ1n) is 6.53. The Hall–Kier alpha value is -2.36. The van der Waals surface area contributed by atoms with E-state index in [1.807, 2.05) is 0 Å². The highest BCUT2D eigenvalue weighted by molar-refractivity contribution is 5.88. The topological polar surface area (TPSA) is 103 Å². The highest BCUT2D eigenvalue weighted by Gasteiger charge is 2.52. The lowest BCUT2D eigenvalue weighted by Gasteiger charge is -2.29. The molecular formula is C14H15NO6. The van der Waals surface area contributed by atoms with Gasteiger partial charge in [0.15, 0.2) is 12.7 Å². The summed E-state index contributed by atoms with van der Waals surface area (Å²) < 4.78 is 15.0. The molecule has 0 amide bonds. The molecule has 21 heavy (non-hydrogen) atoms. The lowest BCUT2D eigenvalue weighted by atomic mass is 9.99. The van der Waals surface area contributed by atoms with E-state index >= 15 is 0 Å². The van der Waals surface area contributed by atoms with Crippen LogP contribution in [0.2, 0.25) is 0 Å². The fourth-order valence-electron chi connectivity index (χ4n) is 2.58. The molecule has 1 aliphatic carbocycles. The molecule has 1 saturated heterocycles. The Morgan fingerprint density at radius 3 is 2.86 bits per heavy atom. The van der Waals surface area contributed by atoms with Gasteiger partial charge in [-0.15, -0.1) is 0 Å². The normalized spacial score (nSPS) is 30.0. The molecule has 0 N–H and O–H groups in total. The van der Waals surface area contributed by atoms with Crippen molar-refractivity contribution in [2.45, 2.75) is 32.0 Å². The molecule has 0 aromatic heterocycles. The number of esters is 3. The summed E-state index contributed by atoms with van der Waals surface area (Å²) in [5.41, 5.74) is 0.180. The van der Waals surface area contributed by atoms with Crippen molar-refractivity contribution in [3.8, 4) is 6.07 Å². The fourth-order valence-corrected chi connectivity index (χ4v) is 2.58. The molecule has 2 aliphatic rings. The Morgan fingerprint density at radius 2 is 2.24 bits per heavy atom. The molecule has 1 saturated carbocycles. The van der Waals surface area contributed by atoms with E-state index in [9.17, 15) is 14.4 Å². The van der Waals surface area contributed by atoms with Crippen molar-refractivity contribution in [3.63, 3.8) is 0 Å². The van der Waals surface area contributed by atoms with E-state index in [-0.39, 0.29) is 23.9 Å². The number of carbonyl (C=O) groups excluding carboxylic acids is 3. The average Bonchev–Trinajstić information content (AvgIpc) is 2.63. The van der Waals surface area contributed by atoms with Crippen LogP contribution >= 0.6 is 0 Å². The van der Waals surface area contributed by atoms with Gasteiger partial charge in [-0.05, 0) is 13.3 Å². The van der Waals surface area contributed by atoms with E-state index in [0.717, 1.165) is 0 Å². The van der Waals surface area contributed by atoms with Crippen LogP contribution < -0.4 is 0 Å². The third kappa shape index (κ3) is 3.21. The molecule has 112 valence electrons. The van der Waals surface area contributed by atoms with Gasteiger partial charge in [-0.25, -0.2) is 9.59 Å². The van der Waals surface area contributed by atoms with Gasteiger partial charge in [0.1, 0.15) is 6.10 Å².